The normalized spacial score (nSPS) is 11.9. The molecule has 0 spiro atoms. The van der Waals surface area contributed by atoms with Gasteiger partial charge in [0.2, 0.25) is 11.8 Å². The fraction of sp³-hybridized carbons (Fsp3) is 0.257. The van der Waals surface area contributed by atoms with E-state index in [0.717, 1.165) is 27.1 Å². The van der Waals surface area contributed by atoms with Crippen LogP contribution in [-0.4, -0.2) is 49.2 Å². The predicted octanol–water partition coefficient (Wildman–Crippen LogP) is 5.51. The largest absolute Gasteiger partial charge is 0.354 e. The first-order valence-corrected chi connectivity index (χ1v) is 16.4. The van der Waals surface area contributed by atoms with Gasteiger partial charge in [-0.3, -0.25) is 24.0 Å². The molecular weight excluding hydrogens is 604 g/mol. The molecule has 0 aliphatic carbocycles. The van der Waals surface area contributed by atoms with Crippen LogP contribution in [0.25, 0.3) is 0 Å². The lowest BCUT2D eigenvalue weighted by atomic mass is 10.0. The van der Waals surface area contributed by atoms with Crippen molar-refractivity contribution in [3.05, 3.63) is 136 Å². The van der Waals surface area contributed by atoms with Gasteiger partial charge in [-0.05, 0) is 42.2 Å². The molecule has 4 rings (SSSR count). The second kappa shape index (κ2) is 15.3. The zero-order valence-corrected chi connectivity index (χ0v) is 26.9. The van der Waals surface area contributed by atoms with Gasteiger partial charge in [-0.15, -0.1) is 0 Å². The number of aryl methyl sites for hydroxylation is 1. The van der Waals surface area contributed by atoms with Gasteiger partial charge in [-0.2, -0.15) is 0 Å². The van der Waals surface area contributed by atoms with Crippen molar-refractivity contribution in [1.82, 2.24) is 10.2 Å². The molecule has 4 aromatic carbocycles. The Kier molecular flexibility index (Phi) is 11.3. The van der Waals surface area contributed by atoms with Gasteiger partial charge in [0.05, 0.1) is 15.5 Å². The molecule has 240 valence electrons. The standard InChI is InChI=1S/C35H38N4O6S/c1-26(2)23-36-35(41)33(21-28-13-6-4-7-14-28)37(24-29-15-10-12-27(3)20-29)34(40)25-38(30-16-11-17-31(22-30)39(42)43)46(44,45)32-18-8-5-9-19-32/h4-20,22,26,33H,21,23-25H2,1-3H3,(H,36,41)/t33-/m0/s1. The molecule has 1 atom stereocenters. The number of hydrogen-bond donors (Lipinski definition) is 1. The van der Waals surface area contributed by atoms with E-state index in [0.29, 0.717) is 6.54 Å². The van der Waals surface area contributed by atoms with E-state index in [1.54, 1.807) is 18.2 Å². The monoisotopic (exact) mass is 642 g/mol. The van der Waals surface area contributed by atoms with Crippen LogP contribution in [0.1, 0.15) is 30.5 Å². The minimum absolute atomic E-state index is 0.0290. The Labute approximate surface area is 269 Å². The zero-order chi connectivity index (χ0) is 33.3. The van der Waals surface area contributed by atoms with Crippen LogP contribution in [-0.2, 0) is 32.6 Å². The van der Waals surface area contributed by atoms with E-state index >= 15 is 0 Å². The van der Waals surface area contributed by atoms with E-state index in [1.807, 2.05) is 75.4 Å². The highest BCUT2D eigenvalue weighted by atomic mass is 32.2. The van der Waals surface area contributed by atoms with Gasteiger partial charge >= 0.3 is 0 Å². The first-order valence-electron chi connectivity index (χ1n) is 14.9. The molecule has 0 aromatic heterocycles. The molecule has 46 heavy (non-hydrogen) atoms. The molecule has 0 heterocycles. The van der Waals surface area contributed by atoms with E-state index < -0.39 is 33.4 Å². The molecule has 0 aliphatic heterocycles. The lowest BCUT2D eigenvalue weighted by Gasteiger charge is -2.34. The van der Waals surface area contributed by atoms with Gasteiger partial charge in [0.25, 0.3) is 15.7 Å². The van der Waals surface area contributed by atoms with Crippen LogP contribution in [0.2, 0.25) is 0 Å². The van der Waals surface area contributed by atoms with Crippen molar-refractivity contribution in [3.63, 3.8) is 0 Å². The van der Waals surface area contributed by atoms with Crippen LogP contribution in [0.15, 0.2) is 114 Å². The summed E-state index contributed by atoms with van der Waals surface area (Å²) >= 11 is 0. The van der Waals surface area contributed by atoms with E-state index in [-0.39, 0.29) is 41.1 Å². The number of carbonyl (C=O) groups is 2. The minimum atomic E-state index is -4.37. The third-order valence-electron chi connectivity index (χ3n) is 7.33. The molecule has 0 radical (unpaired) electrons. The highest BCUT2D eigenvalue weighted by Gasteiger charge is 2.35. The quantitative estimate of drug-likeness (QED) is 0.143. The minimum Gasteiger partial charge on any atom is -0.354 e. The molecule has 4 aromatic rings. The first kappa shape index (κ1) is 33.9. The summed E-state index contributed by atoms with van der Waals surface area (Å²) in [5, 5.41) is 14.6. The summed E-state index contributed by atoms with van der Waals surface area (Å²) in [6, 6.07) is 28.5. The number of carbonyl (C=O) groups excluding carboxylic acids is 2. The molecule has 11 heteroatoms. The van der Waals surface area contributed by atoms with E-state index in [9.17, 15) is 28.1 Å². The number of anilines is 1. The molecular formula is C35H38N4O6S. The Morgan fingerprint density at radius 3 is 2.11 bits per heavy atom. The van der Waals surface area contributed by atoms with Crippen molar-refractivity contribution in [3.8, 4) is 0 Å². The number of nitrogens with one attached hydrogen (secondary N) is 1. The van der Waals surface area contributed by atoms with Crippen molar-refractivity contribution in [2.45, 2.75) is 44.7 Å². The highest BCUT2D eigenvalue weighted by Crippen LogP contribution is 2.28. The topological polar surface area (TPSA) is 130 Å². The SMILES string of the molecule is Cc1cccc(CN(C(=O)CN(c2cccc([N+](=O)[O-])c2)S(=O)(=O)c2ccccc2)[C@@H](Cc2ccccc2)C(=O)NCC(C)C)c1. The molecule has 0 unspecified atom stereocenters. The van der Waals surface area contributed by atoms with Crippen LogP contribution < -0.4 is 9.62 Å². The predicted molar refractivity (Wildman–Crippen MR) is 178 cm³/mol. The Hall–Kier alpha value is -5.03. The van der Waals surface area contributed by atoms with Crippen molar-refractivity contribution in [2.75, 3.05) is 17.4 Å². The number of rotatable bonds is 14. The molecule has 0 saturated carbocycles. The van der Waals surface area contributed by atoms with Gasteiger partial charge in [0.15, 0.2) is 0 Å². The molecule has 2 amide bonds. The molecule has 1 N–H and O–H groups in total. The summed E-state index contributed by atoms with van der Waals surface area (Å²) < 4.78 is 29.0. The van der Waals surface area contributed by atoms with Crippen molar-refractivity contribution < 1.29 is 22.9 Å². The maximum atomic E-state index is 14.5. The maximum Gasteiger partial charge on any atom is 0.271 e. The third kappa shape index (κ3) is 8.79. The fourth-order valence-electron chi connectivity index (χ4n) is 4.99. The summed E-state index contributed by atoms with van der Waals surface area (Å²) in [5.41, 5.74) is 2.16. The van der Waals surface area contributed by atoms with Crippen LogP contribution in [0.3, 0.4) is 0 Å². The third-order valence-corrected chi connectivity index (χ3v) is 9.12. The number of amides is 2. The number of benzene rings is 4. The van der Waals surface area contributed by atoms with E-state index in [2.05, 4.69) is 5.32 Å². The van der Waals surface area contributed by atoms with Crippen LogP contribution >= 0.6 is 0 Å². The summed E-state index contributed by atoms with van der Waals surface area (Å²) in [6.45, 7) is 5.57. The summed E-state index contributed by atoms with van der Waals surface area (Å²) in [4.78, 5) is 40.6. The Balaban J connectivity index is 1.82. The average Bonchev–Trinajstić information content (AvgIpc) is 3.04. The van der Waals surface area contributed by atoms with Gasteiger partial charge in [0.1, 0.15) is 12.6 Å². The van der Waals surface area contributed by atoms with Crippen LogP contribution in [0, 0.1) is 23.0 Å². The second-order valence-electron chi connectivity index (χ2n) is 11.5. The number of non-ortho nitro benzene ring substituents is 1. The number of nitro benzene ring substituents is 1. The summed E-state index contributed by atoms with van der Waals surface area (Å²) in [5.74, 6) is -0.859. The fourth-order valence-corrected chi connectivity index (χ4v) is 6.42. The molecule has 0 bridgehead atoms. The second-order valence-corrected chi connectivity index (χ2v) is 13.3. The van der Waals surface area contributed by atoms with Gasteiger partial charge in [-0.25, -0.2) is 8.42 Å². The smallest absolute Gasteiger partial charge is 0.271 e. The van der Waals surface area contributed by atoms with Gasteiger partial charge < -0.3 is 10.2 Å². The van der Waals surface area contributed by atoms with Gasteiger partial charge in [0, 0.05) is 31.6 Å². The van der Waals surface area contributed by atoms with Crippen LogP contribution in [0.4, 0.5) is 11.4 Å². The molecule has 0 saturated heterocycles. The maximum absolute atomic E-state index is 14.5. The summed E-state index contributed by atoms with van der Waals surface area (Å²) in [7, 11) is -4.37. The lowest BCUT2D eigenvalue weighted by Crippen LogP contribution is -2.53. The number of nitrogens with zero attached hydrogens (tertiary/aromatic N) is 3. The molecule has 0 fully saturated rings. The Bertz CT molecular complexity index is 1760. The Morgan fingerprint density at radius 1 is 0.848 bits per heavy atom. The lowest BCUT2D eigenvalue weighted by molar-refractivity contribution is -0.384. The van der Waals surface area contributed by atoms with Crippen LogP contribution in [0.5, 0.6) is 0 Å². The highest BCUT2D eigenvalue weighted by molar-refractivity contribution is 7.92. The van der Waals surface area contributed by atoms with Crippen molar-refractivity contribution in [1.29, 1.82) is 0 Å². The molecule has 0 aliphatic rings. The van der Waals surface area contributed by atoms with Crippen molar-refractivity contribution in [2.24, 2.45) is 5.92 Å². The van der Waals surface area contributed by atoms with Gasteiger partial charge in [-0.1, -0.05) is 98.3 Å². The van der Waals surface area contributed by atoms with Crippen molar-refractivity contribution >= 4 is 33.2 Å². The molecule has 10 nitrogen and oxygen atoms in total. The van der Waals surface area contributed by atoms with E-state index in [1.165, 1.54) is 35.2 Å². The average molecular weight is 643 g/mol. The number of hydrogen-bond acceptors (Lipinski definition) is 6. The first-order chi connectivity index (χ1) is 22.0. The summed E-state index contributed by atoms with van der Waals surface area (Å²) in [6.07, 6.45) is 0.185. The number of nitro groups is 1. The Morgan fingerprint density at radius 2 is 1.48 bits per heavy atom. The zero-order valence-electron chi connectivity index (χ0n) is 26.1. The number of sulfonamides is 1. The van der Waals surface area contributed by atoms with E-state index in [4.69, 9.17) is 0 Å².